The first-order valence-corrected chi connectivity index (χ1v) is 11.4. The molecular formula is C27H27FN2O4. The van der Waals surface area contributed by atoms with Gasteiger partial charge in [-0.1, -0.05) is 36.4 Å². The summed E-state index contributed by atoms with van der Waals surface area (Å²) < 4.78 is 26.2. The molecule has 1 saturated heterocycles. The van der Waals surface area contributed by atoms with Crippen molar-refractivity contribution in [3.8, 4) is 17.0 Å². The van der Waals surface area contributed by atoms with Crippen LogP contribution in [0.4, 0.5) is 10.1 Å². The lowest BCUT2D eigenvalue weighted by Gasteiger charge is -2.31. The molecule has 1 aliphatic rings. The van der Waals surface area contributed by atoms with E-state index in [1.54, 1.807) is 19.1 Å². The van der Waals surface area contributed by atoms with Crippen LogP contribution in [0.2, 0.25) is 0 Å². The van der Waals surface area contributed by atoms with E-state index >= 15 is 4.39 Å². The Morgan fingerprint density at radius 3 is 2.65 bits per heavy atom. The summed E-state index contributed by atoms with van der Waals surface area (Å²) in [5.74, 6) is -1.24. The molecule has 0 bridgehead atoms. The van der Waals surface area contributed by atoms with Crippen LogP contribution in [-0.4, -0.2) is 30.0 Å². The average Bonchev–Trinajstić information content (AvgIpc) is 2.84. The van der Waals surface area contributed by atoms with Crippen molar-refractivity contribution in [3.63, 3.8) is 0 Å². The zero-order chi connectivity index (χ0) is 24.1. The van der Waals surface area contributed by atoms with Crippen molar-refractivity contribution in [2.75, 3.05) is 18.1 Å². The number of anilines is 1. The van der Waals surface area contributed by atoms with Gasteiger partial charge in [0, 0.05) is 24.2 Å². The molecule has 2 heterocycles. The average molecular weight is 463 g/mol. The second-order valence-electron chi connectivity index (χ2n) is 8.23. The number of halogens is 1. The third-order valence-corrected chi connectivity index (χ3v) is 5.81. The van der Waals surface area contributed by atoms with Crippen molar-refractivity contribution in [1.82, 2.24) is 4.98 Å². The second kappa shape index (κ2) is 10.5. The van der Waals surface area contributed by atoms with E-state index in [0.29, 0.717) is 30.0 Å². The van der Waals surface area contributed by atoms with Gasteiger partial charge in [0.1, 0.15) is 12.4 Å². The topological polar surface area (TPSA) is 68.7 Å². The van der Waals surface area contributed by atoms with E-state index in [2.05, 4.69) is 4.98 Å². The number of benzene rings is 2. The highest BCUT2D eigenvalue weighted by atomic mass is 19.1. The smallest absolute Gasteiger partial charge is 0.309 e. The Morgan fingerprint density at radius 2 is 1.94 bits per heavy atom. The van der Waals surface area contributed by atoms with E-state index in [-0.39, 0.29) is 37.1 Å². The maximum atomic E-state index is 15.2. The van der Waals surface area contributed by atoms with Gasteiger partial charge in [-0.25, -0.2) is 9.37 Å². The molecule has 1 aliphatic heterocycles. The van der Waals surface area contributed by atoms with E-state index < -0.39 is 11.7 Å². The predicted molar refractivity (Wildman–Crippen MR) is 127 cm³/mol. The van der Waals surface area contributed by atoms with Gasteiger partial charge in [-0.2, -0.15) is 0 Å². The molecule has 3 aromatic rings. The maximum absolute atomic E-state index is 15.2. The van der Waals surface area contributed by atoms with Crippen molar-refractivity contribution >= 4 is 17.6 Å². The number of nitrogens with zero attached hydrogens (tertiary/aromatic N) is 2. The number of esters is 1. The minimum absolute atomic E-state index is 0.0133. The van der Waals surface area contributed by atoms with Crippen LogP contribution in [0.3, 0.4) is 0 Å². The summed E-state index contributed by atoms with van der Waals surface area (Å²) >= 11 is 0. The highest BCUT2D eigenvalue weighted by molar-refractivity contribution is 5.97. The van der Waals surface area contributed by atoms with Crippen molar-refractivity contribution in [2.45, 2.75) is 33.3 Å². The van der Waals surface area contributed by atoms with Gasteiger partial charge in [0.15, 0.2) is 0 Å². The number of piperidine rings is 1. The number of aromatic nitrogens is 1. The summed E-state index contributed by atoms with van der Waals surface area (Å²) in [4.78, 5) is 30.5. The maximum Gasteiger partial charge on any atom is 0.309 e. The predicted octanol–water partition coefficient (Wildman–Crippen LogP) is 5.08. The molecule has 6 nitrogen and oxygen atoms in total. The van der Waals surface area contributed by atoms with Crippen LogP contribution >= 0.6 is 0 Å². The number of hydrogen-bond donors (Lipinski definition) is 0. The van der Waals surface area contributed by atoms with Crippen LogP contribution in [-0.2, 0) is 20.9 Å². The normalized spacial score (nSPS) is 15.8. The highest BCUT2D eigenvalue weighted by Crippen LogP contribution is 2.34. The van der Waals surface area contributed by atoms with Gasteiger partial charge in [0.2, 0.25) is 11.8 Å². The zero-order valence-electron chi connectivity index (χ0n) is 19.3. The monoisotopic (exact) mass is 462 g/mol. The fraction of sp³-hybridized carbons (Fsp3) is 0.296. The number of hydrogen-bond acceptors (Lipinski definition) is 5. The molecular weight excluding hydrogens is 435 g/mol. The van der Waals surface area contributed by atoms with Crippen LogP contribution in [0.1, 0.15) is 31.0 Å². The minimum atomic E-state index is -0.519. The molecule has 1 fully saturated rings. The van der Waals surface area contributed by atoms with Crippen molar-refractivity contribution in [2.24, 2.45) is 5.92 Å². The first-order valence-electron chi connectivity index (χ1n) is 11.4. The zero-order valence-corrected chi connectivity index (χ0v) is 19.3. The van der Waals surface area contributed by atoms with Crippen molar-refractivity contribution in [3.05, 3.63) is 77.7 Å². The molecule has 1 aromatic heterocycles. The Morgan fingerprint density at radius 1 is 1.15 bits per heavy atom. The molecule has 1 atom stereocenters. The number of carbonyl (C=O) groups is 2. The molecule has 1 amide bonds. The number of ether oxygens (including phenoxy) is 2. The van der Waals surface area contributed by atoms with Crippen molar-refractivity contribution < 1.29 is 23.5 Å². The Hall–Kier alpha value is -3.74. The lowest BCUT2D eigenvalue weighted by molar-refractivity contribution is -0.150. The molecule has 7 heteroatoms. The van der Waals surface area contributed by atoms with Gasteiger partial charge < -0.3 is 14.4 Å². The summed E-state index contributed by atoms with van der Waals surface area (Å²) in [6.07, 6.45) is 0.449. The van der Waals surface area contributed by atoms with Gasteiger partial charge in [-0.15, -0.1) is 0 Å². The SMILES string of the molecule is CCOC(=O)C1CCN(c2ccc(-c3ccc(C)nc3OCc3ccccc3)cc2F)C(=O)C1. The molecule has 34 heavy (non-hydrogen) atoms. The van der Waals surface area contributed by atoms with Gasteiger partial charge in [0.05, 0.1) is 18.2 Å². The molecule has 0 saturated carbocycles. The largest absolute Gasteiger partial charge is 0.472 e. The van der Waals surface area contributed by atoms with Gasteiger partial charge >= 0.3 is 5.97 Å². The Kier molecular flexibility index (Phi) is 7.21. The highest BCUT2D eigenvalue weighted by Gasteiger charge is 2.33. The van der Waals surface area contributed by atoms with E-state index in [9.17, 15) is 9.59 Å². The molecule has 0 spiro atoms. The number of rotatable bonds is 7. The van der Waals surface area contributed by atoms with Gasteiger partial charge in [-0.05, 0) is 55.7 Å². The lowest BCUT2D eigenvalue weighted by atomic mass is 9.95. The minimum Gasteiger partial charge on any atom is -0.472 e. The van der Waals surface area contributed by atoms with Crippen LogP contribution in [0.15, 0.2) is 60.7 Å². The van der Waals surface area contributed by atoms with Gasteiger partial charge in [0.25, 0.3) is 0 Å². The standard InChI is InChI=1S/C27H27FN2O4/c1-3-33-27(32)21-13-14-30(25(31)16-21)24-12-10-20(15-23(24)28)22-11-9-18(2)29-26(22)34-17-19-7-5-4-6-8-19/h4-12,15,21H,3,13-14,16-17H2,1-2H3. The third-order valence-electron chi connectivity index (χ3n) is 5.81. The Labute approximate surface area is 198 Å². The van der Waals surface area contributed by atoms with E-state index in [0.717, 1.165) is 11.3 Å². The molecule has 0 N–H and O–H groups in total. The third kappa shape index (κ3) is 5.25. The Bertz CT molecular complexity index is 1180. The van der Waals surface area contributed by atoms with Crippen molar-refractivity contribution in [1.29, 1.82) is 0 Å². The first-order chi connectivity index (χ1) is 16.5. The fourth-order valence-corrected chi connectivity index (χ4v) is 4.03. The Balaban J connectivity index is 1.53. The van der Waals surface area contributed by atoms with E-state index in [4.69, 9.17) is 9.47 Å². The van der Waals surface area contributed by atoms with Gasteiger partial charge in [-0.3, -0.25) is 9.59 Å². The molecule has 176 valence electrons. The number of carbonyl (C=O) groups excluding carboxylic acids is 2. The summed E-state index contributed by atoms with van der Waals surface area (Å²) in [6, 6.07) is 18.2. The van der Waals surface area contributed by atoms with E-state index in [1.165, 1.54) is 11.0 Å². The summed E-state index contributed by atoms with van der Waals surface area (Å²) in [5.41, 5.74) is 3.26. The van der Waals surface area contributed by atoms with Crippen LogP contribution in [0, 0.1) is 18.7 Å². The molecule has 4 rings (SSSR count). The summed E-state index contributed by atoms with van der Waals surface area (Å²) in [7, 11) is 0. The van der Waals surface area contributed by atoms with Crippen LogP contribution < -0.4 is 9.64 Å². The number of aryl methyl sites for hydroxylation is 1. The fourth-order valence-electron chi connectivity index (χ4n) is 4.03. The molecule has 0 aliphatic carbocycles. The summed E-state index contributed by atoms with van der Waals surface area (Å²) in [6.45, 7) is 4.47. The number of pyridine rings is 1. The molecule has 1 unspecified atom stereocenters. The lowest BCUT2D eigenvalue weighted by Crippen LogP contribution is -2.41. The molecule has 2 aromatic carbocycles. The van der Waals surface area contributed by atoms with Crippen LogP contribution in [0.25, 0.3) is 11.1 Å². The second-order valence-corrected chi connectivity index (χ2v) is 8.23. The number of amides is 1. The quantitative estimate of drug-likeness (QED) is 0.458. The summed E-state index contributed by atoms with van der Waals surface area (Å²) in [5, 5.41) is 0. The first kappa shape index (κ1) is 23.4. The molecule has 0 radical (unpaired) electrons. The van der Waals surface area contributed by atoms with Crippen LogP contribution in [0.5, 0.6) is 5.88 Å². The van der Waals surface area contributed by atoms with E-state index in [1.807, 2.05) is 49.4 Å².